The van der Waals surface area contributed by atoms with Gasteiger partial charge in [0.1, 0.15) is 0 Å². The molecule has 0 aliphatic heterocycles. The van der Waals surface area contributed by atoms with E-state index in [-0.39, 0.29) is 18.9 Å². The van der Waals surface area contributed by atoms with Crippen LogP contribution < -0.4 is 5.32 Å². The highest BCUT2D eigenvalue weighted by Crippen LogP contribution is 2.02. The number of carbonyl (C=O) groups is 2. The molecule has 0 atom stereocenters. The molecule has 1 rings (SSSR count). The van der Waals surface area contributed by atoms with Crippen molar-refractivity contribution in [1.29, 1.82) is 0 Å². The summed E-state index contributed by atoms with van der Waals surface area (Å²) in [5.74, 6) is -1.02. The van der Waals surface area contributed by atoms with Crippen LogP contribution in [-0.4, -0.2) is 47.0 Å². The molecule has 2 N–H and O–H groups in total. The van der Waals surface area contributed by atoms with E-state index in [1.807, 2.05) is 18.2 Å². The van der Waals surface area contributed by atoms with Gasteiger partial charge < -0.3 is 10.4 Å². The predicted molar refractivity (Wildman–Crippen MR) is 65.8 cm³/mol. The molecule has 0 fully saturated rings. The highest BCUT2D eigenvalue weighted by molar-refractivity contribution is 5.77. The average Bonchev–Trinajstić information content (AvgIpc) is 2.37. The Bertz CT molecular complexity index is 395. The Morgan fingerprint density at radius 2 is 2.22 bits per heavy atom. The number of carboxylic acids is 1. The van der Waals surface area contributed by atoms with Crippen LogP contribution in [0.1, 0.15) is 12.1 Å². The molecule has 1 aromatic heterocycles. The maximum Gasteiger partial charge on any atom is 0.304 e. The number of aromatic nitrogens is 1. The number of carbonyl (C=O) groups excluding carboxylic acids is 1. The van der Waals surface area contributed by atoms with Gasteiger partial charge in [0.2, 0.25) is 5.91 Å². The number of amides is 1. The van der Waals surface area contributed by atoms with Crippen LogP contribution in [0, 0.1) is 0 Å². The van der Waals surface area contributed by atoms with Crippen LogP contribution >= 0.6 is 0 Å². The third-order valence-electron chi connectivity index (χ3n) is 2.40. The van der Waals surface area contributed by atoms with E-state index >= 15 is 0 Å². The van der Waals surface area contributed by atoms with Crippen molar-refractivity contribution in [2.24, 2.45) is 0 Å². The monoisotopic (exact) mass is 251 g/mol. The number of likely N-dealkylation sites (N-methyl/N-ethyl adjacent to an activating group) is 1. The molecule has 98 valence electrons. The molecule has 0 aromatic carbocycles. The van der Waals surface area contributed by atoms with Crippen LogP contribution in [0.25, 0.3) is 0 Å². The van der Waals surface area contributed by atoms with Gasteiger partial charge in [0.25, 0.3) is 0 Å². The van der Waals surface area contributed by atoms with Crippen LogP contribution in [0.5, 0.6) is 0 Å². The van der Waals surface area contributed by atoms with Crippen molar-refractivity contribution in [1.82, 2.24) is 15.2 Å². The number of hydrogen-bond donors (Lipinski definition) is 2. The predicted octanol–water partition coefficient (Wildman–Crippen LogP) is 0.104. The van der Waals surface area contributed by atoms with E-state index in [4.69, 9.17) is 5.11 Å². The Balaban J connectivity index is 2.58. The Hall–Kier alpha value is -1.95. The average molecular weight is 251 g/mol. The third-order valence-corrected chi connectivity index (χ3v) is 2.40. The lowest BCUT2D eigenvalue weighted by Crippen LogP contribution is -2.36. The van der Waals surface area contributed by atoms with E-state index < -0.39 is 5.97 Å². The van der Waals surface area contributed by atoms with Crippen LogP contribution in [0.2, 0.25) is 0 Å². The van der Waals surface area contributed by atoms with Crippen molar-refractivity contribution in [3.63, 3.8) is 0 Å². The molecule has 6 heteroatoms. The van der Waals surface area contributed by atoms with Gasteiger partial charge >= 0.3 is 5.97 Å². The van der Waals surface area contributed by atoms with Gasteiger partial charge in [-0.05, 0) is 12.1 Å². The van der Waals surface area contributed by atoms with Gasteiger partial charge in [-0.3, -0.25) is 19.5 Å². The van der Waals surface area contributed by atoms with Crippen LogP contribution in [0.3, 0.4) is 0 Å². The molecule has 0 aliphatic carbocycles. The van der Waals surface area contributed by atoms with E-state index in [9.17, 15) is 9.59 Å². The van der Waals surface area contributed by atoms with E-state index in [0.29, 0.717) is 13.1 Å². The summed E-state index contributed by atoms with van der Waals surface area (Å²) in [6.45, 7) is 0.946. The molecule has 0 saturated carbocycles. The van der Waals surface area contributed by atoms with E-state index in [0.717, 1.165) is 5.69 Å². The first kappa shape index (κ1) is 14.1. The van der Waals surface area contributed by atoms with E-state index in [1.54, 1.807) is 18.1 Å². The topological polar surface area (TPSA) is 82.5 Å². The molecule has 0 aliphatic rings. The third kappa shape index (κ3) is 5.40. The molecule has 0 radical (unpaired) electrons. The summed E-state index contributed by atoms with van der Waals surface area (Å²) in [5, 5.41) is 11.2. The number of pyridine rings is 1. The summed E-state index contributed by atoms with van der Waals surface area (Å²) in [4.78, 5) is 27.8. The van der Waals surface area contributed by atoms with Gasteiger partial charge in [-0.15, -0.1) is 0 Å². The van der Waals surface area contributed by atoms with Crippen LogP contribution in [0.4, 0.5) is 0 Å². The molecule has 6 nitrogen and oxygen atoms in total. The number of aliphatic carboxylic acids is 1. The van der Waals surface area contributed by atoms with Crippen molar-refractivity contribution in [3.8, 4) is 0 Å². The molecule has 0 bridgehead atoms. The quantitative estimate of drug-likeness (QED) is 0.718. The van der Waals surface area contributed by atoms with E-state index in [1.165, 1.54) is 0 Å². The molecule has 1 heterocycles. The maximum atomic E-state index is 11.3. The summed E-state index contributed by atoms with van der Waals surface area (Å²) in [7, 11) is 1.55. The minimum absolute atomic E-state index is 0.00380. The molecular weight excluding hydrogens is 234 g/mol. The summed E-state index contributed by atoms with van der Waals surface area (Å²) < 4.78 is 0. The Morgan fingerprint density at radius 3 is 2.78 bits per heavy atom. The number of nitrogens with zero attached hydrogens (tertiary/aromatic N) is 2. The second kappa shape index (κ2) is 7.39. The number of carboxylic acid groups (broad SMARTS) is 1. The Morgan fingerprint density at radius 1 is 1.44 bits per heavy atom. The largest absolute Gasteiger partial charge is 0.481 e. The molecule has 1 aromatic rings. The van der Waals surface area contributed by atoms with Gasteiger partial charge in [-0.2, -0.15) is 0 Å². The van der Waals surface area contributed by atoms with Crippen LogP contribution in [-0.2, 0) is 16.1 Å². The fraction of sp³-hybridized carbons (Fsp3) is 0.417. The SMILES string of the molecule is CNC(=O)CN(CCC(=O)O)Cc1ccccn1. The van der Waals surface area contributed by atoms with Gasteiger partial charge in [0.15, 0.2) is 0 Å². The lowest BCUT2D eigenvalue weighted by atomic mass is 10.3. The molecule has 0 saturated heterocycles. The number of nitrogens with one attached hydrogen (secondary N) is 1. The van der Waals surface area contributed by atoms with Crippen molar-refractivity contribution in [2.75, 3.05) is 20.1 Å². The molecule has 0 unspecified atom stereocenters. The van der Waals surface area contributed by atoms with Gasteiger partial charge in [-0.25, -0.2) is 0 Å². The highest BCUT2D eigenvalue weighted by atomic mass is 16.4. The first-order valence-corrected chi connectivity index (χ1v) is 5.66. The lowest BCUT2D eigenvalue weighted by Gasteiger charge is -2.19. The Kier molecular flexibility index (Phi) is 5.79. The second-order valence-corrected chi connectivity index (χ2v) is 3.85. The first-order chi connectivity index (χ1) is 8.61. The molecular formula is C12H17N3O3. The number of hydrogen-bond acceptors (Lipinski definition) is 4. The zero-order chi connectivity index (χ0) is 13.4. The van der Waals surface area contributed by atoms with Crippen molar-refractivity contribution in [2.45, 2.75) is 13.0 Å². The zero-order valence-electron chi connectivity index (χ0n) is 10.3. The lowest BCUT2D eigenvalue weighted by molar-refractivity contribution is -0.137. The minimum Gasteiger partial charge on any atom is -0.481 e. The summed E-state index contributed by atoms with van der Waals surface area (Å²) in [5.41, 5.74) is 0.812. The first-order valence-electron chi connectivity index (χ1n) is 5.66. The van der Waals surface area contributed by atoms with Gasteiger partial charge in [-0.1, -0.05) is 6.07 Å². The van der Waals surface area contributed by atoms with Crippen molar-refractivity contribution >= 4 is 11.9 Å². The van der Waals surface area contributed by atoms with Crippen LogP contribution in [0.15, 0.2) is 24.4 Å². The normalized spacial score (nSPS) is 10.3. The minimum atomic E-state index is -0.877. The fourth-order valence-corrected chi connectivity index (χ4v) is 1.47. The number of rotatable bonds is 7. The highest BCUT2D eigenvalue weighted by Gasteiger charge is 2.12. The zero-order valence-corrected chi connectivity index (χ0v) is 10.3. The second-order valence-electron chi connectivity index (χ2n) is 3.85. The fourth-order valence-electron chi connectivity index (χ4n) is 1.47. The standard InChI is InChI=1S/C12H17N3O3/c1-13-11(16)9-15(7-5-12(17)18)8-10-4-2-3-6-14-10/h2-4,6H,5,7-9H2,1H3,(H,13,16)(H,17,18). The van der Waals surface area contributed by atoms with Crippen molar-refractivity contribution < 1.29 is 14.7 Å². The van der Waals surface area contributed by atoms with Gasteiger partial charge in [0, 0.05) is 26.3 Å². The summed E-state index contributed by atoms with van der Waals surface area (Å²) in [6.07, 6.45) is 1.68. The maximum absolute atomic E-state index is 11.3. The summed E-state index contributed by atoms with van der Waals surface area (Å²) in [6, 6.07) is 5.51. The molecule has 0 spiro atoms. The summed E-state index contributed by atoms with van der Waals surface area (Å²) >= 11 is 0. The molecule has 18 heavy (non-hydrogen) atoms. The van der Waals surface area contributed by atoms with Gasteiger partial charge in [0.05, 0.1) is 18.7 Å². The molecule has 1 amide bonds. The van der Waals surface area contributed by atoms with E-state index in [2.05, 4.69) is 10.3 Å². The van der Waals surface area contributed by atoms with Crippen molar-refractivity contribution in [3.05, 3.63) is 30.1 Å². The smallest absolute Gasteiger partial charge is 0.304 e. The Labute approximate surface area is 106 Å².